The van der Waals surface area contributed by atoms with Crippen LogP contribution in [0.25, 0.3) is 6.08 Å². The Morgan fingerprint density at radius 3 is 2.12 bits per heavy atom. The van der Waals surface area contributed by atoms with Gasteiger partial charge < -0.3 is 20.7 Å². The van der Waals surface area contributed by atoms with Crippen LogP contribution in [-0.2, 0) is 15.8 Å². The van der Waals surface area contributed by atoms with Gasteiger partial charge in [0.25, 0.3) is 11.8 Å². The van der Waals surface area contributed by atoms with E-state index in [1.54, 1.807) is 115 Å². The Hall–Kier alpha value is -5.81. The molecule has 11 heteroatoms. The Bertz CT molecular complexity index is 1970. The lowest BCUT2D eigenvalue weighted by Gasteiger charge is -2.19. The van der Waals surface area contributed by atoms with Gasteiger partial charge in [-0.1, -0.05) is 78.9 Å². The van der Waals surface area contributed by atoms with Gasteiger partial charge in [-0.05, 0) is 78.7 Å². The number of hydrogen-bond acceptors (Lipinski definition) is 5. The highest BCUT2D eigenvalue weighted by Crippen LogP contribution is 2.39. The maximum atomic E-state index is 13.7. The minimum Gasteiger partial charge on any atom is -0.494 e. The monoisotopic (exact) mass is 695 g/mol. The van der Waals surface area contributed by atoms with Gasteiger partial charge in [-0.3, -0.25) is 14.4 Å². The highest BCUT2D eigenvalue weighted by Gasteiger charge is 2.34. The molecule has 0 aliphatic carbocycles. The summed E-state index contributed by atoms with van der Waals surface area (Å²) >= 11 is 1.11. The zero-order valence-corrected chi connectivity index (χ0v) is 27.6. The number of ether oxygens (including phenoxy) is 1. The number of para-hydroxylation sites is 1. The van der Waals surface area contributed by atoms with Crippen LogP contribution >= 0.6 is 11.8 Å². The molecule has 3 amide bonds. The largest absolute Gasteiger partial charge is 0.494 e. The maximum Gasteiger partial charge on any atom is 0.418 e. The summed E-state index contributed by atoms with van der Waals surface area (Å²) < 4.78 is 46.5. The van der Waals surface area contributed by atoms with Gasteiger partial charge >= 0.3 is 6.18 Å². The van der Waals surface area contributed by atoms with Crippen LogP contribution < -0.4 is 20.7 Å². The topological polar surface area (TPSA) is 96.5 Å². The molecule has 5 rings (SSSR count). The second kappa shape index (κ2) is 16.5. The summed E-state index contributed by atoms with van der Waals surface area (Å²) in [6.45, 7) is 2.37. The first-order chi connectivity index (χ1) is 24.1. The first-order valence-electron chi connectivity index (χ1n) is 15.5. The second-order valence-corrected chi connectivity index (χ2v) is 12.0. The molecule has 0 aliphatic rings. The number of halogens is 3. The van der Waals surface area contributed by atoms with Crippen molar-refractivity contribution in [2.45, 2.75) is 23.2 Å². The molecule has 0 heterocycles. The second-order valence-electron chi connectivity index (χ2n) is 10.8. The molecular weight excluding hydrogens is 664 g/mol. The summed E-state index contributed by atoms with van der Waals surface area (Å²) in [7, 11) is 0. The van der Waals surface area contributed by atoms with E-state index in [9.17, 15) is 27.6 Å². The van der Waals surface area contributed by atoms with Gasteiger partial charge in [0.1, 0.15) is 16.7 Å². The van der Waals surface area contributed by atoms with E-state index in [0.717, 1.165) is 17.8 Å². The Morgan fingerprint density at radius 2 is 1.44 bits per heavy atom. The van der Waals surface area contributed by atoms with Gasteiger partial charge in [0.15, 0.2) is 0 Å². The van der Waals surface area contributed by atoms with Crippen molar-refractivity contribution < 1.29 is 32.3 Å². The van der Waals surface area contributed by atoms with Crippen molar-refractivity contribution in [3.05, 3.63) is 161 Å². The number of alkyl halides is 3. The van der Waals surface area contributed by atoms with Crippen LogP contribution in [0, 0.1) is 0 Å². The highest BCUT2D eigenvalue weighted by atomic mass is 32.2. The smallest absolute Gasteiger partial charge is 0.418 e. The molecule has 0 fully saturated rings. The zero-order chi connectivity index (χ0) is 35.5. The molecule has 3 N–H and O–H groups in total. The Balaban J connectivity index is 1.39. The molecule has 0 aromatic heterocycles. The predicted octanol–water partition coefficient (Wildman–Crippen LogP) is 8.99. The van der Waals surface area contributed by atoms with Crippen LogP contribution in [0.3, 0.4) is 0 Å². The number of benzene rings is 5. The molecule has 50 heavy (non-hydrogen) atoms. The van der Waals surface area contributed by atoms with Crippen LogP contribution in [0.5, 0.6) is 5.75 Å². The third-order valence-electron chi connectivity index (χ3n) is 7.21. The number of thioether (sulfide) groups is 1. The van der Waals surface area contributed by atoms with Crippen LogP contribution in [0.4, 0.5) is 24.5 Å². The van der Waals surface area contributed by atoms with E-state index in [-0.39, 0.29) is 11.4 Å². The summed E-state index contributed by atoms with van der Waals surface area (Å²) in [5.74, 6) is -1.08. The van der Waals surface area contributed by atoms with Gasteiger partial charge in [0, 0.05) is 16.1 Å². The molecule has 5 aromatic carbocycles. The number of hydrogen-bond donors (Lipinski definition) is 3. The van der Waals surface area contributed by atoms with E-state index in [0.29, 0.717) is 39.6 Å². The molecule has 0 saturated carbocycles. The highest BCUT2D eigenvalue weighted by molar-refractivity contribution is 8.00. The van der Waals surface area contributed by atoms with Crippen molar-refractivity contribution in [3.8, 4) is 5.75 Å². The Morgan fingerprint density at radius 1 is 0.780 bits per heavy atom. The molecule has 0 radical (unpaired) electrons. The van der Waals surface area contributed by atoms with E-state index >= 15 is 0 Å². The van der Waals surface area contributed by atoms with Crippen LogP contribution in [-0.4, -0.2) is 24.3 Å². The van der Waals surface area contributed by atoms with Crippen LogP contribution in [0.15, 0.2) is 144 Å². The van der Waals surface area contributed by atoms with Crippen molar-refractivity contribution >= 4 is 46.9 Å². The Kier molecular flexibility index (Phi) is 11.7. The standard InChI is InChI=1S/C39H32F3N3O4S/c1-2-49-30-22-20-26(21-23-30)24-34(45-36(46)28-14-7-4-8-15-28)37(47)43-29-16-11-17-31(25-29)50-35(27-12-5-3-6-13-27)38(48)44-33-19-10-9-18-32(33)39(40,41)42/h3-25,35H,2H2,1H3,(H,43,47)(H,44,48)(H,45,46)/b34-24+. The fourth-order valence-corrected chi connectivity index (χ4v) is 5.94. The third kappa shape index (κ3) is 9.64. The number of amides is 3. The number of carbonyl (C=O) groups is 3. The van der Waals surface area contributed by atoms with Crippen molar-refractivity contribution in [3.63, 3.8) is 0 Å². The van der Waals surface area contributed by atoms with E-state index in [2.05, 4.69) is 16.0 Å². The van der Waals surface area contributed by atoms with Gasteiger partial charge in [-0.2, -0.15) is 13.2 Å². The number of carbonyl (C=O) groups excluding carboxylic acids is 3. The van der Waals surface area contributed by atoms with Gasteiger partial charge in [-0.15, -0.1) is 11.8 Å². The molecule has 1 atom stereocenters. The average Bonchev–Trinajstić information content (AvgIpc) is 3.12. The molecule has 0 spiro atoms. The molecule has 254 valence electrons. The summed E-state index contributed by atoms with van der Waals surface area (Å²) in [6, 6.07) is 35.6. The normalized spacial score (nSPS) is 12.0. The summed E-state index contributed by atoms with van der Waals surface area (Å²) in [5, 5.41) is 7.03. The molecule has 0 aliphatic heterocycles. The third-order valence-corrected chi connectivity index (χ3v) is 8.46. The van der Waals surface area contributed by atoms with Crippen molar-refractivity contribution in [2.24, 2.45) is 0 Å². The molecule has 7 nitrogen and oxygen atoms in total. The van der Waals surface area contributed by atoms with Crippen molar-refractivity contribution in [2.75, 3.05) is 17.2 Å². The van der Waals surface area contributed by atoms with E-state index < -0.39 is 34.7 Å². The fourth-order valence-electron chi connectivity index (χ4n) is 4.86. The predicted molar refractivity (Wildman–Crippen MR) is 190 cm³/mol. The number of rotatable bonds is 12. The lowest BCUT2D eigenvalue weighted by molar-refractivity contribution is -0.137. The first-order valence-corrected chi connectivity index (χ1v) is 16.4. The van der Waals surface area contributed by atoms with E-state index in [1.807, 2.05) is 6.92 Å². The SMILES string of the molecule is CCOc1ccc(/C=C(/NC(=O)c2ccccc2)C(=O)Nc2cccc(SC(C(=O)Nc3ccccc3C(F)(F)F)c3ccccc3)c2)cc1. The van der Waals surface area contributed by atoms with Crippen molar-refractivity contribution in [1.82, 2.24) is 5.32 Å². The van der Waals surface area contributed by atoms with E-state index in [1.165, 1.54) is 18.2 Å². The first kappa shape index (κ1) is 35.5. The summed E-state index contributed by atoms with van der Waals surface area (Å²) in [4.78, 5) is 40.8. The molecule has 0 bridgehead atoms. The quantitative estimate of drug-likeness (QED) is 0.0895. The maximum absolute atomic E-state index is 13.7. The average molecular weight is 696 g/mol. The van der Waals surface area contributed by atoms with Gasteiger partial charge in [0.2, 0.25) is 5.91 Å². The minimum absolute atomic E-state index is 0.0223. The number of anilines is 2. The Labute approximate surface area is 291 Å². The van der Waals surface area contributed by atoms with Gasteiger partial charge in [0.05, 0.1) is 17.9 Å². The zero-order valence-electron chi connectivity index (χ0n) is 26.7. The molecule has 5 aromatic rings. The minimum atomic E-state index is -4.66. The fraction of sp³-hybridized carbons (Fsp3) is 0.103. The van der Waals surface area contributed by atoms with Gasteiger partial charge in [-0.25, -0.2) is 0 Å². The number of nitrogens with one attached hydrogen (secondary N) is 3. The molecule has 1 unspecified atom stereocenters. The molecule has 0 saturated heterocycles. The van der Waals surface area contributed by atoms with Crippen LogP contribution in [0.2, 0.25) is 0 Å². The molecular formula is C39H32F3N3O4S. The van der Waals surface area contributed by atoms with Crippen molar-refractivity contribution in [1.29, 1.82) is 0 Å². The van der Waals surface area contributed by atoms with E-state index in [4.69, 9.17) is 4.74 Å². The van der Waals surface area contributed by atoms with Crippen LogP contribution in [0.1, 0.15) is 39.2 Å². The summed E-state index contributed by atoms with van der Waals surface area (Å²) in [6.07, 6.45) is -3.12. The lowest BCUT2D eigenvalue weighted by atomic mass is 10.1. The summed E-state index contributed by atoms with van der Waals surface area (Å²) in [5.41, 5.74) is 0.602. The lowest BCUT2D eigenvalue weighted by Crippen LogP contribution is -2.30.